The number of halogens is 1. The van der Waals surface area contributed by atoms with Gasteiger partial charge in [-0.1, -0.05) is 22.0 Å². The molecule has 0 amide bonds. The fourth-order valence-electron chi connectivity index (χ4n) is 0.590. The van der Waals surface area contributed by atoms with E-state index in [9.17, 15) is 0 Å². The molecular formula is C5H5BrN2. The average Bonchev–Trinajstić information content (AvgIpc) is 2.14. The Balaban J connectivity index is 2.57. The topological polar surface area (TPSA) is 27.0 Å². The summed E-state index contributed by atoms with van der Waals surface area (Å²) in [6.07, 6.45) is 6.68. The van der Waals surface area contributed by atoms with Crippen molar-refractivity contribution in [1.29, 1.82) is 5.26 Å². The van der Waals surface area contributed by atoms with Crippen molar-refractivity contribution in [3.63, 3.8) is 0 Å². The molecule has 0 bridgehead atoms. The Morgan fingerprint density at radius 2 is 2.62 bits per heavy atom. The second-order valence-electron chi connectivity index (χ2n) is 1.56. The molecule has 0 aromatic heterocycles. The van der Waals surface area contributed by atoms with Gasteiger partial charge in [0.25, 0.3) is 0 Å². The highest BCUT2D eigenvalue weighted by Gasteiger charge is 2.13. The summed E-state index contributed by atoms with van der Waals surface area (Å²) < 4.78 is 0. The van der Waals surface area contributed by atoms with Crippen LogP contribution in [-0.2, 0) is 0 Å². The minimum absolute atomic E-state index is 0.201. The van der Waals surface area contributed by atoms with E-state index in [1.807, 2.05) is 12.3 Å². The molecule has 1 atom stereocenters. The maximum absolute atomic E-state index is 8.33. The molecule has 8 heavy (non-hydrogen) atoms. The lowest BCUT2D eigenvalue weighted by Gasteiger charge is -2.07. The van der Waals surface area contributed by atoms with Crippen molar-refractivity contribution in [3.8, 4) is 6.19 Å². The van der Waals surface area contributed by atoms with E-state index >= 15 is 0 Å². The molecule has 0 saturated heterocycles. The summed E-state index contributed by atoms with van der Waals surface area (Å²) >= 11 is 3.31. The van der Waals surface area contributed by atoms with E-state index in [2.05, 4.69) is 15.9 Å². The monoisotopic (exact) mass is 172 g/mol. The second kappa shape index (κ2) is 2.19. The molecule has 1 aliphatic heterocycles. The Labute approximate surface area is 56.5 Å². The number of hydrogen-bond acceptors (Lipinski definition) is 2. The lowest BCUT2D eigenvalue weighted by molar-refractivity contribution is 0.537. The lowest BCUT2D eigenvalue weighted by Crippen LogP contribution is -2.13. The Morgan fingerprint density at radius 1 is 1.88 bits per heavy atom. The van der Waals surface area contributed by atoms with Gasteiger partial charge in [-0.25, -0.2) is 0 Å². The molecule has 42 valence electrons. The summed E-state index contributed by atoms with van der Waals surface area (Å²) in [6, 6.07) is 0. The van der Waals surface area contributed by atoms with Crippen LogP contribution in [0.3, 0.4) is 0 Å². The number of nitriles is 1. The molecule has 1 aliphatic rings. The van der Waals surface area contributed by atoms with Crippen LogP contribution in [0.4, 0.5) is 0 Å². The number of nitrogens with zero attached hydrogens (tertiary/aromatic N) is 2. The highest BCUT2D eigenvalue weighted by atomic mass is 79.9. The summed E-state index contributed by atoms with van der Waals surface area (Å²) in [7, 11) is 0. The largest absolute Gasteiger partial charge is 0.273 e. The standard InChI is InChI=1S/C5H5BrN2/c6-5-2-1-3-8(5)4-7/h1,3,5H,2H2. The van der Waals surface area contributed by atoms with Gasteiger partial charge in [-0.2, -0.15) is 5.26 Å². The number of alkyl halides is 1. The third kappa shape index (κ3) is 0.846. The Kier molecular flexibility index (Phi) is 1.54. The van der Waals surface area contributed by atoms with E-state index in [-0.39, 0.29) is 4.95 Å². The van der Waals surface area contributed by atoms with E-state index < -0.39 is 0 Å². The highest BCUT2D eigenvalue weighted by molar-refractivity contribution is 9.09. The van der Waals surface area contributed by atoms with Crippen LogP contribution in [0.2, 0.25) is 0 Å². The van der Waals surface area contributed by atoms with Gasteiger partial charge < -0.3 is 0 Å². The van der Waals surface area contributed by atoms with E-state index in [1.54, 1.807) is 11.1 Å². The summed E-state index contributed by atoms with van der Waals surface area (Å²) in [5, 5.41) is 8.33. The molecule has 0 N–H and O–H groups in total. The van der Waals surface area contributed by atoms with Crippen molar-refractivity contribution in [2.45, 2.75) is 11.4 Å². The molecule has 1 rings (SSSR count). The van der Waals surface area contributed by atoms with Crippen LogP contribution in [0, 0.1) is 11.5 Å². The van der Waals surface area contributed by atoms with Gasteiger partial charge in [-0.05, 0) is 6.42 Å². The third-order valence-electron chi connectivity index (χ3n) is 1.01. The Hall–Kier alpha value is -0.490. The van der Waals surface area contributed by atoms with Crippen molar-refractivity contribution >= 4 is 15.9 Å². The third-order valence-corrected chi connectivity index (χ3v) is 1.83. The molecule has 0 radical (unpaired) electrons. The van der Waals surface area contributed by atoms with E-state index in [0.717, 1.165) is 6.42 Å². The Bertz CT molecular complexity index is 147. The summed E-state index contributed by atoms with van der Waals surface area (Å²) in [4.78, 5) is 1.77. The first-order valence-electron chi connectivity index (χ1n) is 2.33. The number of hydrogen-bond donors (Lipinski definition) is 0. The van der Waals surface area contributed by atoms with Crippen LogP contribution >= 0.6 is 15.9 Å². The van der Waals surface area contributed by atoms with Crippen LogP contribution in [0.1, 0.15) is 6.42 Å². The first-order valence-corrected chi connectivity index (χ1v) is 3.25. The zero-order valence-corrected chi connectivity index (χ0v) is 5.80. The summed E-state index contributed by atoms with van der Waals surface area (Å²) in [5.41, 5.74) is 0. The van der Waals surface area contributed by atoms with Gasteiger partial charge in [-0.3, -0.25) is 4.90 Å². The Morgan fingerprint density at radius 3 is 2.88 bits per heavy atom. The van der Waals surface area contributed by atoms with Crippen molar-refractivity contribution in [3.05, 3.63) is 12.3 Å². The van der Waals surface area contributed by atoms with Gasteiger partial charge in [-0.15, -0.1) is 0 Å². The predicted molar refractivity (Wildman–Crippen MR) is 33.9 cm³/mol. The van der Waals surface area contributed by atoms with Crippen LogP contribution in [0.5, 0.6) is 0 Å². The molecule has 1 unspecified atom stereocenters. The molecular weight excluding hydrogens is 168 g/mol. The number of rotatable bonds is 0. The fraction of sp³-hybridized carbons (Fsp3) is 0.400. The molecule has 2 nitrogen and oxygen atoms in total. The molecule has 0 aromatic carbocycles. The van der Waals surface area contributed by atoms with Crippen molar-refractivity contribution in [1.82, 2.24) is 4.90 Å². The van der Waals surface area contributed by atoms with Gasteiger partial charge in [0.1, 0.15) is 4.95 Å². The predicted octanol–water partition coefficient (Wildman–Crippen LogP) is 1.41. The van der Waals surface area contributed by atoms with Crippen molar-refractivity contribution in [2.24, 2.45) is 0 Å². The van der Waals surface area contributed by atoms with E-state index in [1.165, 1.54) is 0 Å². The van der Waals surface area contributed by atoms with Crippen LogP contribution in [0.25, 0.3) is 0 Å². The van der Waals surface area contributed by atoms with E-state index in [0.29, 0.717) is 0 Å². The summed E-state index contributed by atoms with van der Waals surface area (Å²) in [6.45, 7) is 0. The van der Waals surface area contributed by atoms with Gasteiger partial charge in [0.05, 0.1) is 0 Å². The molecule has 3 heteroatoms. The minimum Gasteiger partial charge on any atom is -0.273 e. The zero-order chi connectivity index (χ0) is 5.98. The fourth-order valence-corrected chi connectivity index (χ4v) is 1.03. The first kappa shape index (κ1) is 5.64. The van der Waals surface area contributed by atoms with Gasteiger partial charge in [0.2, 0.25) is 0 Å². The van der Waals surface area contributed by atoms with Crippen LogP contribution in [0.15, 0.2) is 12.3 Å². The summed E-state index contributed by atoms with van der Waals surface area (Å²) in [5.74, 6) is 0. The zero-order valence-electron chi connectivity index (χ0n) is 4.21. The quantitative estimate of drug-likeness (QED) is 0.314. The van der Waals surface area contributed by atoms with Crippen LogP contribution < -0.4 is 0 Å². The van der Waals surface area contributed by atoms with Gasteiger partial charge >= 0.3 is 0 Å². The van der Waals surface area contributed by atoms with Crippen molar-refractivity contribution in [2.75, 3.05) is 0 Å². The van der Waals surface area contributed by atoms with Crippen LogP contribution in [-0.4, -0.2) is 9.85 Å². The van der Waals surface area contributed by atoms with Gasteiger partial charge in [0.15, 0.2) is 6.19 Å². The molecule has 0 spiro atoms. The first-order chi connectivity index (χ1) is 3.84. The normalized spacial score (nSPS) is 26.0. The maximum atomic E-state index is 8.33. The lowest BCUT2D eigenvalue weighted by atomic mass is 10.5. The maximum Gasteiger partial charge on any atom is 0.184 e. The highest BCUT2D eigenvalue weighted by Crippen LogP contribution is 2.17. The van der Waals surface area contributed by atoms with Crippen molar-refractivity contribution < 1.29 is 0 Å². The average molecular weight is 173 g/mol. The smallest absolute Gasteiger partial charge is 0.184 e. The minimum atomic E-state index is 0.201. The van der Waals surface area contributed by atoms with Gasteiger partial charge in [0, 0.05) is 6.20 Å². The molecule has 0 aliphatic carbocycles. The molecule has 0 aromatic rings. The van der Waals surface area contributed by atoms with E-state index in [4.69, 9.17) is 5.26 Å². The second-order valence-corrected chi connectivity index (χ2v) is 2.62. The molecule has 0 saturated carbocycles. The molecule has 1 heterocycles. The SMILES string of the molecule is N#CN1C=CCC1Br. The molecule has 0 fully saturated rings.